The highest BCUT2D eigenvalue weighted by Crippen LogP contribution is 2.38. The number of ketones is 1. The highest BCUT2D eigenvalue weighted by Gasteiger charge is 2.37. The Kier molecular flexibility index (Phi) is 4.89. The second-order valence-electron chi connectivity index (χ2n) is 5.22. The number of hydrogen-bond donors (Lipinski definition) is 0. The second kappa shape index (κ2) is 5.99. The zero-order valence-electron chi connectivity index (χ0n) is 9.63. The Labute approximate surface area is 115 Å². The predicted molar refractivity (Wildman–Crippen MR) is 74.4 cm³/mol. The summed E-state index contributed by atoms with van der Waals surface area (Å²) in [5.74, 6) is 1.11. The molecule has 0 aliphatic heterocycles. The summed E-state index contributed by atoms with van der Waals surface area (Å²) in [6.45, 7) is 0. The van der Waals surface area contributed by atoms with Crippen molar-refractivity contribution >= 4 is 37.6 Å². The van der Waals surface area contributed by atoms with E-state index < -0.39 is 0 Å². The van der Waals surface area contributed by atoms with Crippen LogP contribution in [0.2, 0.25) is 0 Å². The molecular formula is C13H20Br2O. The first-order valence-electron chi connectivity index (χ1n) is 6.52. The molecule has 2 fully saturated rings. The fourth-order valence-corrected chi connectivity index (χ4v) is 4.78. The van der Waals surface area contributed by atoms with Crippen molar-refractivity contribution in [3.05, 3.63) is 0 Å². The van der Waals surface area contributed by atoms with Crippen LogP contribution in [-0.2, 0) is 4.79 Å². The molecule has 0 bridgehead atoms. The van der Waals surface area contributed by atoms with Crippen molar-refractivity contribution in [1.82, 2.24) is 0 Å². The Morgan fingerprint density at radius 2 is 1.12 bits per heavy atom. The van der Waals surface area contributed by atoms with Crippen LogP contribution >= 0.6 is 31.9 Å². The lowest BCUT2D eigenvalue weighted by Crippen LogP contribution is -2.37. The number of rotatable bonds is 2. The first-order valence-corrected chi connectivity index (χ1v) is 8.35. The van der Waals surface area contributed by atoms with Crippen LogP contribution in [-0.4, -0.2) is 15.4 Å². The third-order valence-corrected chi connectivity index (χ3v) is 6.29. The Morgan fingerprint density at radius 3 is 1.50 bits per heavy atom. The number of carbonyl (C=O) groups is 1. The molecule has 2 saturated carbocycles. The lowest BCUT2D eigenvalue weighted by Gasteiger charge is -2.33. The molecule has 0 aromatic rings. The van der Waals surface area contributed by atoms with E-state index in [9.17, 15) is 4.79 Å². The maximum absolute atomic E-state index is 12.5. The molecule has 0 aromatic heterocycles. The summed E-state index contributed by atoms with van der Waals surface area (Å²) in [6.07, 6.45) is 9.59. The van der Waals surface area contributed by atoms with Gasteiger partial charge < -0.3 is 0 Å². The van der Waals surface area contributed by atoms with E-state index in [4.69, 9.17) is 0 Å². The van der Waals surface area contributed by atoms with Gasteiger partial charge in [0.2, 0.25) is 0 Å². The molecule has 0 aromatic carbocycles. The second-order valence-corrected chi connectivity index (χ2v) is 7.57. The van der Waals surface area contributed by atoms with Gasteiger partial charge >= 0.3 is 0 Å². The maximum Gasteiger partial charge on any atom is 0.141 e. The van der Waals surface area contributed by atoms with Crippen molar-refractivity contribution in [2.24, 2.45) is 11.8 Å². The standard InChI is InChI=1S/C13H20Br2O/c14-11-7-3-1-5-9(11)13(16)10-6-2-4-8-12(10)15/h9-12H,1-8H2. The highest BCUT2D eigenvalue weighted by molar-refractivity contribution is 9.09. The lowest BCUT2D eigenvalue weighted by atomic mass is 9.76. The third-order valence-electron chi connectivity index (χ3n) is 4.09. The molecule has 4 atom stereocenters. The molecule has 0 N–H and O–H groups in total. The fraction of sp³-hybridized carbons (Fsp3) is 0.923. The zero-order valence-corrected chi connectivity index (χ0v) is 12.8. The van der Waals surface area contributed by atoms with Crippen LogP contribution in [0.1, 0.15) is 51.4 Å². The predicted octanol–water partition coefficient (Wildman–Crippen LogP) is 4.46. The molecule has 0 saturated heterocycles. The number of hydrogen-bond acceptors (Lipinski definition) is 1. The van der Waals surface area contributed by atoms with Crippen molar-refractivity contribution < 1.29 is 4.79 Å². The summed E-state index contributed by atoms with van der Waals surface area (Å²) in [7, 11) is 0. The Bertz CT molecular complexity index is 230. The Morgan fingerprint density at radius 1 is 0.750 bits per heavy atom. The van der Waals surface area contributed by atoms with Crippen LogP contribution in [0.3, 0.4) is 0 Å². The lowest BCUT2D eigenvalue weighted by molar-refractivity contribution is -0.128. The van der Waals surface area contributed by atoms with E-state index in [2.05, 4.69) is 31.9 Å². The number of alkyl halides is 2. The minimum absolute atomic E-state index is 0.289. The van der Waals surface area contributed by atoms with E-state index >= 15 is 0 Å². The minimum atomic E-state index is 0.289. The van der Waals surface area contributed by atoms with Gasteiger partial charge in [0, 0.05) is 21.5 Å². The minimum Gasteiger partial charge on any atom is -0.299 e. The molecule has 0 spiro atoms. The summed E-state index contributed by atoms with van der Waals surface area (Å²) in [6, 6.07) is 0. The van der Waals surface area contributed by atoms with E-state index in [-0.39, 0.29) is 11.8 Å². The molecule has 3 heteroatoms. The van der Waals surface area contributed by atoms with E-state index in [1.54, 1.807) is 0 Å². The summed E-state index contributed by atoms with van der Waals surface area (Å²) in [5, 5.41) is 0. The number of halogens is 2. The average Bonchev–Trinajstić information content (AvgIpc) is 2.29. The van der Waals surface area contributed by atoms with Gasteiger partial charge in [0.05, 0.1) is 0 Å². The fourth-order valence-electron chi connectivity index (χ4n) is 3.09. The van der Waals surface area contributed by atoms with Gasteiger partial charge in [0.25, 0.3) is 0 Å². The molecule has 2 rings (SSSR count). The SMILES string of the molecule is O=C(C1CCCCC1Br)C1CCCCC1Br. The van der Waals surface area contributed by atoms with Gasteiger partial charge in [0.15, 0.2) is 0 Å². The van der Waals surface area contributed by atoms with Crippen molar-refractivity contribution in [1.29, 1.82) is 0 Å². The van der Waals surface area contributed by atoms with Crippen LogP contribution in [0, 0.1) is 11.8 Å². The summed E-state index contributed by atoms with van der Waals surface area (Å²) in [5.41, 5.74) is 0. The first-order chi connectivity index (χ1) is 7.70. The molecule has 92 valence electrons. The number of carbonyl (C=O) groups excluding carboxylic acids is 1. The highest BCUT2D eigenvalue weighted by atomic mass is 79.9. The Hall–Kier alpha value is 0.630. The van der Waals surface area contributed by atoms with Crippen molar-refractivity contribution in [3.8, 4) is 0 Å². The largest absolute Gasteiger partial charge is 0.299 e. The van der Waals surface area contributed by atoms with Gasteiger partial charge in [0.1, 0.15) is 5.78 Å². The van der Waals surface area contributed by atoms with E-state index in [1.807, 2.05) is 0 Å². The molecule has 0 amide bonds. The van der Waals surface area contributed by atoms with Crippen LogP contribution in [0.15, 0.2) is 0 Å². The topological polar surface area (TPSA) is 17.1 Å². The first kappa shape index (κ1) is 13.1. The molecule has 4 unspecified atom stereocenters. The van der Waals surface area contributed by atoms with Gasteiger partial charge in [-0.15, -0.1) is 0 Å². The quantitative estimate of drug-likeness (QED) is 0.671. The smallest absolute Gasteiger partial charge is 0.141 e. The van der Waals surface area contributed by atoms with Gasteiger partial charge in [-0.05, 0) is 25.7 Å². The van der Waals surface area contributed by atoms with E-state index in [0.717, 1.165) is 12.8 Å². The average molecular weight is 352 g/mol. The van der Waals surface area contributed by atoms with Crippen molar-refractivity contribution in [3.63, 3.8) is 0 Å². The van der Waals surface area contributed by atoms with Crippen molar-refractivity contribution in [2.45, 2.75) is 61.0 Å². The molecule has 2 aliphatic rings. The van der Waals surface area contributed by atoms with Crippen LogP contribution in [0.5, 0.6) is 0 Å². The van der Waals surface area contributed by atoms with E-state index in [1.165, 1.54) is 38.5 Å². The number of Topliss-reactive ketones (excluding diaryl/α,β-unsaturated/α-hetero) is 1. The molecule has 2 aliphatic carbocycles. The molecule has 0 heterocycles. The zero-order chi connectivity index (χ0) is 11.5. The third kappa shape index (κ3) is 2.90. The molecule has 1 nitrogen and oxygen atoms in total. The van der Waals surface area contributed by atoms with Gasteiger partial charge in [-0.2, -0.15) is 0 Å². The molecular weight excluding hydrogens is 332 g/mol. The van der Waals surface area contributed by atoms with Gasteiger partial charge in [-0.3, -0.25) is 4.79 Å². The summed E-state index contributed by atoms with van der Waals surface area (Å²) < 4.78 is 0. The normalized spacial score (nSPS) is 40.6. The monoisotopic (exact) mass is 350 g/mol. The van der Waals surface area contributed by atoms with Crippen LogP contribution in [0.4, 0.5) is 0 Å². The van der Waals surface area contributed by atoms with Crippen LogP contribution < -0.4 is 0 Å². The maximum atomic E-state index is 12.5. The van der Waals surface area contributed by atoms with E-state index in [0.29, 0.717) is 15.4 Å². The Balaban J connectivity index is 1.99. The van der Waals surface area contributed by atoms with Crippen molar-refractivity contribution in [2.75, 3.05) is 0 Å². The molecule has 16 heavy (non-hydrogen) atoms. The van der Waals surface area contributed by atoms with Gasteiger partial charge in [-0.1, -0.05) is 57.5 Å². The van der Waals surface area contributed by atoms with Crippen LogP contribution in [0.25, 0.3) is 0 Å². The molecule has 0 radical (unpaired) electrons. The summed E-state index contributed by atoms with van der Waals surface area (Å²) >= 11 is 7.41. The summed E-state index contributed by atoms with van der Waals surface area (Å²) in [4.78, 5) is 13.4. The van der Waals surface area contributed by atoms with Gasteiger partial charge in [-0.25, -0.2) is 0 Å².